The molecule has 1 amide bonds. The summed E-state index contributed by atoms with van der Waals surface area (Å²) in [5, 5.41) is 25.3. The quantitative estimate of drug-likeness (QED) is 0.213. The average molecular weight is 580 g/mol. The highest BCUT2D eigenvalue weighted by Gasteiger charge is 2.32. The topological polar surface area (TPSA) is 111 Å². The number of para-hydroxylation sites is 1. The Morgan fingerprint density at radius 1 is 0.881 bits per heavy atom. The molecule has 6 rings (SSSR count). The van der Waals surface area contributed by atoms with Gasteiger partial charge in [0.2, 0.25) is 5.16 Å². The first kappa shape index (κ1) is 27.8. The van der Waals surface area contributed by atoms with Crippen molar-refractivity contribution < 1.29 is 19.4 Å². The van der Waals surface area contributed by atoms with Crippen LogP contribution in [0.3, 0.4) is 0 Å². The van der Waals surface area contributed by atoms with Crippen LogP contribution in [0.2, 0.25) is 0 Å². The second-order valence-corrected chi connectivity index (χ2v) is 10.8. The van der Waals surface area contributed by atoms with E-state index in [2.05, 4.69) is 20.8 Å². The van der Waals surface area contributed by atoms with Gasteiger partial charge in [0.15, 0.2) is 6.29 Å². The molecule has 0 saturated carbocycles. The Morgan fingerprint density at radius 3 is 2.29 bits per heavy atom. The number of ether oxygens (including phenoxy) is 2. The molecular formula is C32H29N5O4S. The number of anilines is 1. The SMILES string of the molecule is O=C(Nc1ccc([C@@H]2O[C@H](CSc3nnnn3-c3ccccc3)C[C@H](c3ccc(CO)cc3)O2)cc1)c1ccccc1. The fraction of sp³-hybridized carbons (Fsp3) is 0.188. The van der Waals surface area contributed by atoms with E-state index in [9.17, 15) is 9.90 Å². The van der Waals surface area contributed by atoms with Gasteiger partial charge >= 0.3 is 0 Å². The minimum Gasteiger partial charge on any atom is -0.392 e. The minimum absolute atomic E-state index is 0.0138. The van der Waals surface area contributed by atoms with Crippen LogP contribution in [0.5, 0.6) is 0 Å². The molecule has 1 fully saturated rings. The van der Waals surface area contributed by atoms with Gasteiger partial charge in [-0.3, -0.25) is 4.79 Å². The van der Waals surface area contributed by atoms with Gasteiger partial charge in [-0.2, -0.15) is 4.68 Å². The Kier molecular flexibility index (Phi) is 8.67. The molecule has 3 atom stereocenters. The van der Waals surface area contributed by atoms with Crippen molar-refractivity contribution in [3.05, 3.63) is 131 Å². The van der Waals surface area contributed by atoms with Gasteiger partial charge in [0, 0.05) is 29.0 Å². The number of aromatic nitrogens is 4. The van der Waals surface area contributed by atoms with Crippen molar-refractivity contribution in [3.63, 3.8) is 0 Å². The van der Waals surface area contributed by atoms with Crippen LogP contribution in [0.1, 0.15) is 45.9 Å². The monoisotopic (exact) mass is 579 g/mol. The number of amides is 1. The maximum Gasteiger partial charge on any atom is 0.255 e. The van der Waals surface area contributed by atoms with Crippen LogP contribution in [-0.2, 0) is 16.1 Å². The van der Waals surface area contributed by atoms with E-state index in [1.165, 1.54) is 11.8 Å². The van der Waals surface area contributed by atoms with Crippen molar-refractivity contribution in [2.75, 3.05) is 11.1 Å². The van der Waals surface area contributed by atoms with Gasteiger partial charge in [-0.05, 0) is 58.0 Å². The summed E-state index contributed by atoms with van der Waals surface area (Å²) in [5.74, 6) is 0.443. The van der Waals surface area contributed by atoms with Crippen LogP contribution in [0.15, 0.2) is 114 Å². The number of nitrogens with one attached hydrogen (secondary N) is 1. The molecule has 5 aromatic rings. The van der Waals surface area contributed by atoms with Gasteiger partial charge < -0.3 is 19.9 Å². The molecule has 10 heteroatoms. The standard InChI is InChI=1S/C32H29N5O4S/c38-20-22-11-13-23(14-12-22)29-19-28(21-42-32-34-35-36-37(32)27-9-5-2-6-10-27)40-31(41-29)25-15-17-26(18-16-25)33-30(39)24-7-3-1-4-8-24/h1-18,28-29,31,38H,19-21H2,(H,33,39)/t28-,29+,31+/m0/s1. The van der Waals surface area contributed by atoms with E-state index in [0.717, 1.165) is 22.4 Å². The minimum atomic E-state index is -0.615. The van der Waals surface area contributed by atoms with Crippen molar-refractivity contribution in [2.24, 2.45) is 0 Å². The summed E-state index contributed by atoms with van der Waals surface area (Å²) in [6.07, 6.45) is -0.352. The van der Waals surface area contributed by atoms with E-state index < -0.39 is 6.29 Å². The fourth-order valence-electron chi connectivity index (χ4n) is 4.71. The fourth-order valence-corrected chi connectivity index (χ4v) is 5.61. The zero-order valence-corrected chi connectivity index (χ0v) is 23.4. The molecule has 1 saturated heterocycles. The molecule has 0 bridgehead atoms. The van der Waals surface area contributed by atoms with Crippen molar-refractivity contribution in [2.45, 2.75) is 36.7 Å². The Bertz CT molecular complexity index is 1600. The Morgan fingerprint density at radius 2 is 1.57 bits per heavy atom. The molecule has 0 radical (unpaired) electrons. The van der Waals surface area contributed by atoms with E-state index in [1.54, 1.807) is 16.8 Å². The maximum absolute atomic E-state index is 12.6. The summed E-state index contributed by atoms with van der Waals surface area (Å²) in [4.78, 5) is 12.6. The number of aliphatic hydroxyl groups is 1. The van der Waals surface area contributed by atoms with Gasteiger partial charge in [-0.25, -0.2) is 0 Å². The normalized spacial score (nSPS) is 18.5. The second kappa shape index (κ2) is 13.1. The number of tetrazole rings is 1. The van der Waals surface area contributed by atoms with Gasteiger partial charge in [-0.15, -0.1) is 5.10 Å². The van der Waals surface area contributed by atoms with Crippen molar-refractivity contribution in [1.82, 2.24) is 20.2 Å². The summed E-state index contributed by atoms with van der Waals surface area (Å²) in [5.41, 5.74) is 4.85. The maximum atomic E-state index is 12.6. The summed E-state index contributed by atoms with van der Waals surface area (Å²) in [6, 6.07) is 34.2. The van der Waals surface area contributed by atoms with E-state index in [1.807, 2.05) is 97.1 Å². The van der Waals surface area contributed by atoms with Crippen LogP contribution in [0.25, 0.3) is 5.69 Å². The zero-order chi connectivity index (χ0) is 28.7. The average Bonchev–Trinajstić information content (AvgIpc) is 3.54. The highest BCUT2D eigenvalue weighted by atomic mass is 32.2. The number of hydrogen-bond donors (Lipinski definition) is 2. The number of rotatable bonds is 9. The molecule has 2 heterocycles. The molecule has 9 nitrogen and oxygen atoms in total. The lowest BCUT2D eigenvalue weighted by molar-refractivity contribution is -0.245. The molecule has 212 valence electrons. The van der Waals surface area contributed by atoms with E-state index in [-0.39, 0.29) is 24.7 Å². The third-order valence-corrected chi connectivity index (χ3v) is 7.98. The number of aliphatic hydroxyl groups excluding tert-OH is 1. The molecule has 0 spiro atoms. The highest BCUT2D eigenvalue weighted by molar-refractivity contribution is 7.99. The number of nitrogens with zero attached hydrogens (tertiary/aromatic N) is 4. The second-order valence-electron chi connectivity index (χ2n) is 9.81. The third kappa shape index (κ3) is 6.58. The van der Waals surface area contributed by atoms with Crippen molar-refractivity contribution >= 4 is 23.4 Å². The first-order valence-corrected chi connectivity index (χ1v) is 14.6. The van der Waals surface area contributed by atoms with Crippen LogP contribution < -0.4 is 5.32 Å². The smallest absolute Gasteiger partial charge is 0.255 e. The van der Waals surface area contributed by atoms with E-state index >= 15 is 0 Å². The van der Waals surface area contributed by atoms with Crippen LogP contribution in [0.4, 0.5) is 5.69 Å². The van der Waals surface area contributed by atoms with Gasteiger partial charge in [0.1, 0.15) is 0 Å². The van der Waals surface area contributed by atoms with Crippen LogP contribution >= 0.6 is 11.8 Å². The van der Waals surface area contributed by atoms with Crippen LogP contribution in [0, 0.1) is 0 Å². The number of thioether (sulfide) groups is 1. The molecule has 0 unspecified atom stereocenters. The largest absolute Gasteiger partial charge is 0.392 e. The molecule has 1 aliphatic rings. The lowest BCUT2D eigenvalue weighted by Crippen LogP contribution is -2.31. The Balaban J connectivity index is 1.18. The van der Waals surface area contributed by atoms with Gasteiger partial charge in [0.25, 0.3) is 5.91 Å². The molecule has 2 N–H and O–H groups in total. The highest BCUT2D eigenvalue weighted by Crippen LogP contribution is 2.39. The Hall–Kier alpha value is -4.35. The molecule has 1 aliphatic heterocycles. The lowest BCUT2D eigenvalue weighted by Gasteiger charge is -2.36. The first-order valence-electron chi connectivity index (χ1n) is 13.6. The Labute approximate surface area is 247 Å². The van der Waals surface area contributed by atoms with Gasteiger partial charge in [-0.1, -0.05) is 84.6 Å². The number of carbonyl (C=O) groups excluding carboxylic acids is 1. The van der Waals surface area contributed by atoms with Crippen molar-refractivity contribution in [3.8, 4) is 5.69 Å². The summed E-state index contributed by atoms with van der Waals surface area (Å²) < 4.78 is 14.6. The predicted octanol–water partition coefficient (Wildman–Crippen LogP) is 5.74. The van der Waals surface area contributed by atoms with Gasteiger partial charge in [0.05, 0.1) is 24.5 Å². The lowest BCUT2D eigenvalue weighted by atomic mass is 10.0. The molecule has 0 aliphatic carbocycles. The molecule has 1 aromatic heterocycles. The number of carbonyl (C=O) groups is 1. The predicted molar refractivity (Wildman–Crippen MR) is 159 cm³/mol. The zero-order valence-electron chi connectivity index (χ0n) is 22.6. The van der Waals surface area contributed by atoms with E-state index in [0.29, 0.717) is 28.6 Å². The number of benzene rings is 4. The number of hydrogen-bond acceptors (Lipinski definition) is 8. The summed E-state index contributed by atoms with van der Waals surface area (Å²) in [6.45, 7) is -0.0138. The third-order valence-electron chi connectivity index (χ3n) is 6.93. The summed E-state index contributed by atoms with van der Waals surface area (Å²) >= 11 is 1.53. The summed E-state index contributed by atoms with van der Waals surface area (Å²) in [7, 11) is 0. The van der Waals surface area contributed by atoms with Crippen molar-refractivity contribution in [1.29, 1.82) is 0 Å². The molecular weight excluding hydrogens is 550 g/mol. The van der Waals surface area contributed by atoms with Crippen LogP contribution in [-0.4, -0.2) is 43.1 Å². The molecule has 42 heavy (non-hydrogen) atoms. The molecule has 4 aromatic carbocycles. The van der Waals surface area contributed by atoms with E-state index in [4.69, 9.17) is 9.47 Å². The first-order chi connectivity index (χ1) is 20.7.